The van der Waals surface area contributed by atoms with Gasteiger partial charge in [-0.1, -0.05) is 11.6 Å². The number of ether oxygens (including phenoxy) is 1. The van der Waals surface area contributed by atoms with Crippen LogP contribution in [0.3, 0.4) is 0 Å². The number of hydrogen-bond donors (Lipinski definition) is 2. The molecule has 0 saturated heterocycles. The Bertz CT molecular complexity index is 766. The molecule has 1 aromatic heterocycles. The van der Waals surface area contributed by atoms with E-state index < -0.39 is 17.5 Å². The number of benzene rings is 1. The van der Waals surface area contributed by atoms with Crippen LogP contribution in [-0.4, -0.2) is 21.7 Å². The third kappa shape index (κ3) is 5.21. The summed E-state index contributed by atoms with van der Waals surface area (Å²) in [5.74, 6) is -0.357. The van der Waals surface area contributed by atoms with Crippen molar-refractivity contribution >= 4 is 46.5 Å². The summed E-state index contributed by atoms with van der Waals surface area (Å²) in [5.41, 5.74) is -0.300. The number of hydrogen-bond acceptors (Lipinski definition) is 5. The highest BCUT2D eigenvalue weighted by Gasteiger charge is 2.17. The van der Waals surface area contributed by atoms with E-state index in [-0.39, 0.29) is 21.8 Å². The quantitative estimate of drug-likeness (QED) is 0.740. The molecule has 2 aromatic rings. The van der Waals surface area contributed by atoms with E-state index >= 15 is 0 Å². The molecule has 0 unspecified atom stereocenters. The molecule has 1 heterocycles. The summed E-state index contributed by atoms with van der Waals surface area (Å²) < 4.78 is 19.0. The molecule has 24 heavy (non-hydrogen) atoms. The van der Waals surface area contributed by atoms with Crippen molar-refractivity contribution in [2.24, 2.45) is 0 Å². The van der Waals surface area contributed by atoms with Crippen molar-refractivity contribution in [3.8, 4) is 0 Å². The van der Waals surface area contributed by atoms with Gasteiger partial charge in [0.15, 0.2) is 5.82 Å². The normalized spacial score (nSPS) is 11.1. The standard InChI is InChI=1S/C15H15Cl2FN4O2/c1-15(2,3)24-14(23)21-11-6-8(4-5-10(11)18)20-12-9(16)7-19-13(17)22-12/h4-7H,1-3H3,(H,21,23)(H,19,20,22). The monoisotopic (exact) mass is 372 g/mol. The van der Waals surface area contributed by atoms with Gasteiger partial charge in [0.05, 0.1) is 11.9 Å². The topological polar surface area (TPSA) is 76.1 Å². The minimum atomic E-state index is -0.762. The highest BCUT2D eigenvalue weighted by Crippen LogP contribution is 2.26. The molecular weight excluding hydrogens is 358 g/mol. The van der Waals surface area contributed by atoms with Crippen molar-refractivity contribution in [1.29, 1.82) is 0 Å². The second kappa shape index (κ2) is 7.19. The van der Waals surface area contributed by atoms with Gasteiger partial charge in [-0.15, -0.1) is 0 Å². The van der Waals surface area contributed by atoms with Crippen LogP contribution >= 0.6 is 23.2 Å². The van der Waals surface area contributed by atoms with E-state index in [0.717, 1.165) is 0 Å². The molecule has 2 rings (SSSR count). The Hall–Kier alpha value is -2.12. The molecule has 0 aliphatic carbocycles. The zero-order valence-electron chi connectivity index (χ0n) is 13.2. The lowest BCUT2D eigenvalue weighted by Crippen LogP contribution is -2.27. The number of amides is 1. The van der Waals surface area contributed by atoms with Crippen LogP contribution in [0, 0.1) is 5.82 Å². The molecule has 0 bridgehead atoms. The molecule has 6 nitrogen and oxygen atoms in total. The Morgan fingerprint density at radius 2 is 2.00 bits per heavy atom. The summed E-state index contributed by atoms with van der Waals surface area (Å²) in [6.07, 6.45) is 0.574. The first kappa shape index (κ1) is 18.2. The summed E-state index contributed by atoms with van der Waals surface area (Å²) in [4.78, 5) is 19.4. The lowest BCUT2D eigenvalue weighted by molar-refractivity contribution is 0.0635. The SMILES string of the molecule is CC(C)(C)OC(=O)Nc1cc(Nc2nc(Cl)ncc2Cl)ccc1F. The fraction of sp³-hybridized carbons (Fsp3) is 0.267. The molecule has 0 radical (unpaired) electrons. The second-order valence-corrected chi connectivity index (χ2v) is 6.53. The molecule has 2 N–H and O–H groups in total. The van der Waals surface area contributed by atoms with E-state index in [9.17, 15) is 9.18 Å². The van der Waals surface area contributed by atoms with Crippen LogP contribution in [0.25, 0.3) is 0 Å². The Morgan fingerprint density at radius 1 is 1.29 bits per heavy atom. The van der Waals surface area contributed by atoms with Gasteiger partial charge in [0.25, 0.3) is 0 Å². The van der Waals surface area contributed by atoms with E-state index in [0.29, 0.717) is 5.69 Å². The lowest BCUT2D eigenvalue weighted by Gasteiger charge is -2.20. The van der Waals surface area contributed by atoms with Crippen LogP contribution in [0.2, 0.25) is 10.3 Å². The van der Waals surface area contributed by atoms with E-state index in [1.54, 1.807) is 20.8 Å². The molecule has 128 valence electrons. The first-order valence-electron chi connectivity index (χ1n) is 6.89. The zero-order chi connectivity index (χ0) is 17.9. The van der Waals surface area contributed by atoms with Gasteiger partial charge in [0.1, 0.15) is 16.4 Å². The maximum absolute atomic E-state index is 13.9. The van der Waals surface area contributed by atoms with Crippen LogP contribution < -0.4 is 10.6 Å². The van der Waals surface area contributed by atoms with Crippen LogP contribution in [0.5, 0.6) is 0 Å². The second-order valence-electron chi connectivity index (χ2n) is 5.78. The minimum Gasteiger partial charge on any atom is -0.444 e. The van der Waals surface area contributed by atoms with E-state index in [4.69, 9.17) is 27.9 Å². The van der Waals surface area contributed by atoms with E-state index in [2.05, 4.69) is 20.6 Å². The summed E-state index contributed by atoms with van der Waals surface area (Å²) in [6, 6.07) is 4.03. The third-order valence-electron chi connectivity index (χ3n) is 2.58. The maximum atomic E-state index is 13.9. The highest BCUT2D eigenvalue weighted by atomic mass is 35.5. The number of halogens is 3. The highest BCUT2D eigenvalue weighted by molar-refractivity contribution is 6.33. The molecule has 0 spiro atoms. The van der Waals surface area contributed by atoms with Crippen molar-refractivity contribution in [3.63, 3.8) is 0 Å². The largest absolute Gasteiger partial charge is 0.444 e. The Labute approximate surface area is 148 Å². The van der Waals surface area contributed by atoms with Crippen molar-refractivity contribution < 1.29 is 13.9 Å². The summed E-state index contributed by atoms with van der Waals surface area (Å²) in [7, 11) is 0. The number of aromatic nitrogens is 2. The number of carbonyl (C=O) groups is 1. The molecule has 1 aromatic carbocycles. The van der Waals surface area contributed by atoms with Gasteiger partial charge in [-0.05, 0) is 50.6 Å². The molecule has 0 fully saturated rings. The molecule has 1 amide bonds. The predicted octanol–water partition coefficient (Wildman–Crippen LogP) is 5.01. The Balaban J connectivity index is 2.19. The molecular formula is C15H15Cl2FN4O2. The number of carbonyl (C=O) groups excluding carboxylic acids is 1. The average molecular weight is 373 g/mol. The number of nitrogens with zero attached hydrogens (tertiary/aromatic N) is 2. The molecule has 0 atom stereocenters. The van der Waals surface area contributed by atoms with Gasteiger partial charge >= 0.3 is 6.09 Å². The first-order chi connectivity index (χ1) is 11.1. The van der Waals surface area contributed by atoms with Gasteiger partial charge in [-0.2, -0.15) is 4.98 Å². The van der Waals surface area contributed by atoms with Crippen LogP contribution in [-0.2, 0) is 4.74 Å². The van der Waals surface area contributed by atoms with Crippen molar-refractivity contribution in [3.05, 3.63) is 40.5 Å². The molecule has 0 aliphatic rings. The van der Waals surface area contributed by atoms with Crippen molar-refractivity contribution in [2.75, 3.05) is 10.6 Å². The Morgan fingerprint density at radius 3 is 2.67 bits per heavy atom. The third-order valence-corrected chi connectivity index (χ3v) is 3.04. The van der Waals surface area contributed by atoms with Crippen molar-refractivity contribution in [1.82, 2.24) is 9.97 Å². The van der Waals surface area contributed by atoms with Crippen LogP contribution in [0.4, 0.5) is 26.4 Å². The summed E-state index contributed by atoms with van der Waals surface area (Å²) in [5, 5.41) is 5.48. The number of nitrogens with one attached hydrogen (secondary N) is 2. The van der Waals surface area contributed by atoms with E-state index in [1.807, 2.05) is 0 Å². The fourth-order valence-electron chi connectivity index (χ4n) is 1.68. The average Bonchev–Trinajstić information content (AvgIpc) is 2.44. The molecule has 0 aliphatic heterocycles. The van der Waals surface area contributed by atoms with Gasteiger partial charge in [-0.25, -0.2) is 14.2 Å². The van der Waals surface area contributed by atoms with Gasteiger partial charge < -0.3 is 10.1 Å². The smallest absolute Gasteiger partial charge is 0.412 e. The minimum absolute atomic E-state index is 0.0103. The molecule has 9 heteroatoms. The first-order valence-corrected chi connectivity index (χ1v) is 7.64. The zero-order valence-corrected chi connectivity index (χ0v) is 14.7. The summed E-state index contributed by atoms with van der Waals surface area (Å²) in [6.45, 7) is 5.13. The van der Waals surface area contributed by atoms with Crippen molar-refractivity contribution in [2.45, 2.75) is 26.4 Å². The van der Waals surface area contributed by atoms with E-state index in [1.165, 1.54) is 24.4 Å². The lowest BCUT2D eigenvalue weighted by atomic mass is 10.2. The number of anilines is 3. The van der Waals surface area contributed by atoms with Gasteiger partial charge in [0, 0.05) is 5.69 Å². The van der Waals surface area contributed by atoms with Crippen LogP contribution in [0.15, 0.2) is 24.4 Å². The maximum Gasteiger partial charge on any atom is 0.412 e. The predicted molar refractivity (Wildman–Crippen MR) is 91.6 cm³/mol. The van der Waals surface area contributed by atoms with Gasteiger partial charge in [0.2, 0.25) is 5.28 Å². The fourth-order valence-corrected chi connectivity index (χ4v) is 1.95. The molecule has 0 saturated carbocycles. The summed E-state index contributed by atoms with van der Waals surface area (Å²) >= 11 is 11.7. The number of rotatable bonds is 3. The van der Waals surface area contributed by atoms with Gasteiger partial charge in [-0.3, -0.25) is 5.32 Å². The Kier molecular flexibility index (Phi) is 5.46. The van der Waals surface area contributed by atoms with Crippen LogP contribution in [0.1, 0.15) is 20.8 Å².